The van der Waals surface area contributed by atoms with Crippen LogP contribution in [-0.2, 0) is 15.7 Å². The smallest absolute Gasteiger partial charge is 0.304 e. The Kier molecular flexibility index (Phi) is 12.4. The highest BCUT2D eigenvalue weighted by Crippen LogP contribution is 2.44. The standard InChI is InChI=1S/C40H27FN4O3S2.C10H13NO2/c41-32-19-16-27(17-20-32)38-34(28-18-21-35-33(24-28)39(43-26-42-35)36-22-23-37(49-36)50(46,47)48)25-45(44-38)40(29-10-4-1-5-11-29,30-12-6-2-7-13-30)31-14-8-3-9-15-31;1-11-7-10(12)8-3-5-9(13-2)6-4-8/h1-26H,(H,46,47,48);3-6,11H,7H2,1-2H3. The summed E-state index contributed by atoms with van der Waals surface area (Å²) in [7, 11) is -1.02. The van der Waals surface area contributed by atoms with Crippen LogP contribution in [0.2, 0.25) is 0 Å². The van der Waals surface area contributed by atoms with Gasteiger partial charge < -0.3 is 10.1 Å². The molecule has 13 heteroatoms. The van der Waals surface area contributed by atoms with Gasteiger partial charge in [-0.3, -0.25) is 14.0 Å². The molecule has 63 heavy (non-hydrogen) atoms. The number of aromatic nitrogens is 4. The largest absolute Gasteiger partial charge is 0.497 e. The number of methoxy groups -OCH3 is 1. The van der Waals surface area contributed by atoms with Gasteiger partial charge in [-0.2, -0.15) is 13.5 Å². The molecule has 3 heterocycles. The number of likely N-dealkylation sites (N-methyl/N-ethyl adjacent to an activating group) is 1. The highest BCUT2D eigenvalue weighted by atomic mass is 32.3. The lowest BCUT2D eigenvalue weighted by Crippen LogP contribution is -2.38. The maximum Gasteiger partial charge on any atom is 0.304 e. The fourth-order valence-corrected chi connectivity index (χ4v) is 9.24. The summed E-state index contributed by atoms with van der Waals surface area (Å²) in [5, 5.41) is 8.85. The molecule has 2 N–H and O–H groups in total. The first kappa shape index (κ1) is 42.5. The number of nitrogens with zero attached hydrogens (tertiary/aromatic N) is 4. The van der Waals surface area contributed by atoms with Crippen LogP contribution >= 0.6 is 11.3 Å². The van der Waals surface area contributed by atoms with Gasteiger partial charge >= 0.3 is 10.1 Å². The molecular weight excluding hydrogens is 834 g/mol. The van der Waals surface area contributed by atoms with E-state index in [2.05, 4.69) is 51.7 Å². The van der Waals surface area contributed by atoms with Crippen molar-refractivity contribution in [1.82, 2.24) is 25.1 Å². The Morgan fingerprint density at radius 3 is 1.87 bits per heavy atom. The summed E-state index contributed by atoms with van der Waals surface area (Å²) in [6.45, 7) is 0.367. The first-order valence-electron chi connectivity index (χ1n) is 19.8. The molecule has 10 nitrogen and oxygen atoms in total. The second-order valence-corrected chi connectivity index (χ2v) is 17.1. The van der Waals surface area contributed by atoms with Crippen LogP contribution in [0.15, 0.2) is 187 Å². The predicted octanol–water partition coefficient (Wildman–Crippen LogP) is 10.2. The fraction of sp³-hybridized carbons (Fsp3) is 0.0800. The number of ketones is 1. The number of carbonyl (C=O) groups is 1. The SMILES string of the molecule is CNCC(=O)c1ccc(OC)cc1.O=S(=O)(O)c1ccc(-c2ncnc3ccc(-c4cn(C(c5ccccc5)(c5ccccc5)c5ccccc5)nc4-c4ccc(F)cc4)cc23)s1. The molecule has 0 saturated carbocycles. The lowest BCUT2D eigenvalue weighted by atomic mass is 9.77. The number of Topliss-reactive ketones (excluding diaryl/α,β-unsaturated/α-hetero) is 1. The van der Waals surface area contributed by atoms with Crippen LogP contribution < -0.4 is 10.1 Å². The van der Waals surface area contributed by atoms with E-state index in [-0.39, 0.29) is 15.8 Å². The van der Waals surface area contributed by atoms with Gasteiger partial charge in [0.05, 0.1) is 29.7 Å². The van der Waals surface area contributed by atoms with Crippen LogP contribution in [0.5, 0.6) is 5.75 Å². The van der Waals surface area contributed by atoms with Crippen LogP contribution in [0.25, 0.3) is 43.9 Å². The number of carbonyl (C=O) groups excluding carboxylic acids is 1. The molecule has 3 aromatic heterocycles. The van der Waals surface area contributed by atoms with E-state index in [0.29, 0.717) is 39.3 Å². The Hall–Kier alpha value is -7.16. The van der Waals surface area contributed by atoms with Gasteiger partial charge in [0.1, 0.15) is 33.3 Å². The first-order chi connectivity index (χ1) is 30.6. The third kappa shape index (κ3) is 8.81. The molecule has 0 aliphatic heterocycles. The zero-order valence-corrected chi connectivity index (χ0v) is 35.7. The number of ether oxygens (including phenoxy) is 1. The first-order valence-corrected chi connectivity index (χ1v) is 22.0. The lowest BCUT2D eigenvalue weighted by molar-refractivity contribution is 0.0993. The van der Waals surface area contributed by atoms with Gasteiger partial charge in [0.2, 0.25) is 0 Å². The monoisotopic (exact) mass is 873 g/mol. The van der Waals surface area contributed by atoms with Crippen molar-refractivity contribution in [2.24, 2.45) is 0 Å². The van der Waals surface area contributed by atoms with Crippen LogP contribution in [0.4, 0.5) is 4.39 Å². The van der Waals surface area contributed by atoms with Gasteiger partial charge in [0, 0.05) is 28.3 Å². The minimum atomic E-state index is -4.38. The summed E-state index contributed by atoms with van der Waals surface area (Å²) in [4.78, 5) is 20.9. The molecule has 314 valence electrons. The second-order valence-electron chi connectivity index (χ2n) is 14.4. The van der Waals surface area contributed by atoms with Crippen LogP contribution in [-0.4, -0.2) is 59.2 Å². The minimum Gasteiger partial charge on any atom is -0.497 e. The Morgan fingerprint density at radius 2 is 1.33 bits per heavy atom. The van der Waals surface area contributed by atoms with Gasteiger partial charge in [-0.25, -0.2) is 14.4 Å². The van der Waals surface area contributed by atoms with Crippen molar-refractivity contribution in [3.63, 3.8) is 0 Å². The van der Waals surface area contributed by atoms with E-state index in [4.69, 9.17) is 9.84 Å². The third-order valence-electron chi connectivity index (χ3n) is 10.5. The van der Waals surface area contributed by atoms with Gasteiger partial charge in [-0.1, -0.05) is 97.1 Å². The molecule has 0 radical (unpaired) electrons. The van der Waals surface area contributed by atoms with Crippen molar-refractivity contribution in [3.8, 4) is 38.7 Å². The van der Waals surface area contributed by atoms with E-state index < -0.39 is 15.7 Å². The maximum absolute atomic E-state index is 14.2. The quantitative estimate of drug-likeness (QED) is 0.0698. The number of thiophene rings is 1. The summed E-state index contributed by atoms with van der Waals surface area (Å²) in [6.07, 6.45) is 3.46. The van der Waals surface area contributed by atoms with E-state index in [0.717, 1.165) is 50.5 Å². The average molecular weight is 874 g/mol. The number of halogens is 1. The zero-order chi connectivity index (χ0) is 44.0. The number of rotatable bonds is 12. The zero-order valence-electron chi connectivity index (χ0n) is 34.1. The summed E-state index contributed by atoms with van der Waals surface area (Å²) in [6, 6.07) is 52.8. The Bertz CT molecular complexity index is 3010. The van der Waals surface area contributed by atoms with Gasteiger partial charge in [-0.05, 0) is 102 Å². The molecule has 6 aromatic carbocycles. The summed E-state index contributed by atoms with van der Waals surface area (Å²) >= 11 is 0.931. The molecule has 0 atom stereocenters. The molecule has 0 unspecified atom stereocenters. The van der Waals surface area contributed by atoms with E-state index in [9.17, 15) is 22.2 Å². The summed E-state index contributed by atoms with van der Waals surface area (Å²) in [5.41, 5.74) is 6.93. The van der Waals surface area contributed by atoms with Crippen molar-refractivity contribution < 1.29 is 26.9 Å². The van der Waals surface area contributed by atoms with Crippen molar-refractivity contribution >= 4 is 38.1 Å². The maximum atomic E-state index is 14.2. The highest BCUT2D eigenvalue weighted by Gasteiger charge is 2.40. The van der Waals surface area contributed by atoms with Gasteiger partial charge in [0.15, 0.2) is 5.78 Å². The van der Waals surface area contributed by atoms with Crippen LogP contribution in [0, 0.1) is 5.82 Å². The number of nitrogens with one attached hydrogen (secondary N) is 1. The molecule has 9 aromatic rings. The number of benzene rings is 6. The van der Waals surface area contributed by atoms with Crippen molar-refractivity contribution in [2.75, 3.05) is 20.7 Å². The van der Waals surface area contributed by atoms with Crippen LogP contribution in [0.3, 0.4) is 0 Å². The van der Waals surface area contributed by atoms with Gasteiger partial charge in [0.25, 0.3) is 0 Å². The highest BCUT2D eigenvalue weighted by molar-refractivity contribution is 7.88. The lowest BCUT2D eigenvalue weighted by Gasteiger charge is -2.36. The number of hydrogen-bond donors (Lipinski definition) is 2. The average Bonchev–Trinajstić information content (AvgIpc) is 4.01. The molecule has 0 aliphatic rings. The van der Waals surface area contributed by atoms with E-state index in [1.807, 2.05) is 83.7 Å². The summed E-state index contributed by atoms with van der Waals surface area (Å²) < 4.78 is 54.4. The molecule has 0 fully saturated rings. The molecular formula is C50H40FN5O5S2. The molecule has 9 rings (SSSR count). The van der Waals surface area contributed by atoms with E-state index in [1.165, 1.54) is 24.5 Å². The molecule has 0 amide bonds. The number of fused-ring (bicyclic) bond motifs is 1. The topological polar surface area (TPSA) is 136 Å². The predicted molar refractivity (Wildman–Crippen MR) is 245 cm³/mol. The van der Waals surface area contributed by atoms with Crippen LogP contribution in [0.1, 0.15) is 27.0 Å². The normalized spacial score (nSPS) is 11.5. The minimum absolute atomic E-state index is 0.0881. The fourth-order valence-electron chi connectivity index (χ4n) is 7.56. The van der Waals surface area contributed by atoms with Crippen molar-refractivity contribution in [3.05, 3.63) is 210 Å². The van der Waals surface area contributed by atoms with E-state index in [1.54, 1.807) is 56.6 Å². The second kappa shape index (κ2) is 18.4. The third-order valence-corrected chi connectivity index (χ3v) is 12.9. The Balaban J connectivity index is 0.000000361. The Morgan fingerprint density at radius 1 is 0.746 bits per heavy atom. The number of hydrogen-bond acceptors (Lipinski definition) is 9. The molecule has 0 spiro atoms. The summed E-state index contributed by atoms with van der Waals surface area (Å²) in [5.74, 6) is 0.501. The molecule has 0 saturated heterocycles. The van der Waals surface area contributed by atoms with Crippen molar-refractivity contribution in [2.45, 2.75) is 9.75 Å². The van der Waals surface area contributed by atoms with Gasteiger partial charge in [-0.15, -0.1) is 11.3 Å². The van der Waals surface area contributed by atoms with Crippen molar-refractivity contribution in [1.29, 1.82) is 0 Å². The molecule has 0 aliphatic carbocycles. The molecule has 0 bridgehead atoms. The van der Waals surface area contributed by atoms with E-state index >= 15 is 0 Å². The Labute approximate surface area is 368 Å².